The molecule has 9 heavy (non-hydrogen) atoms. The molecule has 1 rings (SSSR count). The van der Waals surface area contributed by atoms with Crippen molar-refractivity contribution in [2.24, 2.45) is 5.92 Å². The highest BCUT2D eigenvalue weighted by molar-refractivity contribution is 6.17. The number of rotatable bonds is 4. The Kier molecular flexibility index (Phi) is 2.80. The van der Waals surface area contributed by atoms with Crippen molar-refractivity contribution in [3.63, 3.8) is 0 Å². The normalized spacial score (nSPS) is 32.7. The summed E-state index contributed by atoms with van der Waals surface area (Å²) >= 11 is 5.44. The first-order valence-electron chi connectivity index (χ1n) is 3.56. The fraction of sp³-hybridized carbons (Fsp3) is 1.00. The van der Waals surface area contributed by atoms with Crippen LogP contribution in [0.25, 0.3) is 0 Å². The van der Waals surface area contributed by atoms with Gasteiger partial charge in [0.15, 0.2) is 0 Å². The summed E-state index contributed by atoms with van der Waals surface area (Å²) in [4.78, 5) is 0. The lowest BCUT2D eigenvalue weighted by Gasteiger charge is -1.96. The second-order valence-electron chi connectivity index (χ2n) is 2.50. The summed E-state index contributed by atoms with van der Waals surface area (Å²) in [6, 6.07) is 0. The van der Waals surface area contributed by atoms with E-state index in [-0.39, 0.29) is 0 Å². The third-order valence-corrected chi connectivity index (χ3v) is 1.95. The second-order valence-corrected chi connectivity index (χ2v) is 2.88. The Morgan fingerprint density at radius 2 is 2.44 bits per heavy atom. The second kappa shape index (κ2) is 3.43. The zero-order valence-electron chi connectivity index (χ0n) is 5.77. The molecule has 1 fully saturated rings. The van der Waals surface area contributed by atoms with E-state index in [0.29, 0.717) is 12.0 Å². The molecule has 0 aliphatic heterocycles. The first-order valence-corrected chi connectivity index (χ1v) is 4.09. The highest BCUT2D eigenvalue weighted by atomic mass is 35.5. The van der Waals surface area contributed by atoms with Gasteiger partial charge in [-0.05, 0) is 12.3 Å². The minimum atomic E-state index is 0.550. The summed E-state index contributed by atoms with van der Waals surface area (Å²) in [6.45, 7) is 2.93. The van der Waals surface area contributed by atoms with E-state index in [2.05, 4.69) is 6.92 Å². The molecule has 0 unspecified atom stereocenters. The summed E-state index contributed by atoms with van der Waals surface area (Å²) in [5.74, 6) is 1.47. The van der Waals surface area contributed by atoms with Gasteiger partial charge in [-0.1, -0.05) is 13.3 Å². The zero-order valence-corrected chi connectivity index (χ0v) is 6.53. The van der Waals surface area contributed by atoms with Gasteiger partial charge in [0, 0.05) is 5.88 Å². The van der Waals surface area contributed by atoms with Gasteiger partial charge in [0.2, 0.25) is 0 Å². The molecular formula is C7H13ClO. The third-order valence-electron chi connectivity index (χ3n) is 1.79. The highest BCUT2D eigenvalue weighted by Crippen LogP contribution is 2.36. The Hall–Kier alpha value is 0.250. The summed E-state index contributed by atoms with van der Waals surface area (Å²) in [6.07, 6.45) is 3.06. The van der Waals surface area contributed by atoms with Crippen LogP contribution in [0.1, 0.15) is 19.8 Å². The molecule has 0 aromatic heterocycles. The van der Waals surface area contributed by atoms with E-state index in [1.807, 2.05) is 0 Å². The van der Waals surface area contributed by atoms with Crippen LogP contribution in [-0.4, -0.2) is 18.6 Å². The van der Waals surface area contributed by atoms with Crippen LogP contribution >= 0.6 is 11.6 Å². The van der Waals surface area contributed by atoms with Crippen molar-refractivity contribution in [2.75, 3.05) is 12.5 Å². The largest absolute Gasteiger partial charge is 0.377 e. The van der Waals surface area contributed by atoms with Crippen molar-refractivity contribution < 1.29 is 4.74 Å². The first-order chi connectivity index (χ1) is 4.38. The minimum absolute atomic E-state index is 0.550. The predicted molar refractivity (Wildman–Crippen MR) is 38.9 cm³/mol. The summed E-state index contributed by atoms with van der Waals surface area (Å²) < 4.78 is 5.37. The fourth-order valence-electron chi connectivity index (χ4n) is 1.05. The van der Waals surface area contributed by atoms with Crippen LogP contribution in [0.4, 0.5) is 0 Å². The lowest BCUT2D eigenvalue weighted by molar-refractivity contribution is 0.122. The van der Waals surface area contributed by atoms with Crippen molar-refractivity contribution in [1.82, 2.24) is 0 Å². The minimum Gasteiger partial charge on any atom is -0.377 e. The van der Waals surface area contributed by atoms with E-state index in [1.165, 1.54) is 12.8 Å². The molecule has 2 heteroatoms. The Labute approximate surface area is 61.3 Å². The van der Waals surface area contributed by atoms with Gasteiger partial charge in [-0.3, -0.25) is 0 Å². The van der Waals surface area contributed by atoms with Crippen LogP contribution in [0, 0.1) is 5.92 Å². The van der Waals surface area contributed by atoms with Crippen LogP contribution in [0.5, 0.6) is 0 Å². The van der Waals surface area contributed by atoms with Crippen molar-refractivity contribution in [3.8, 4) is 0 Å². The molecule has 0 amide bonds. The maximum atomic E-state index is 5.44. The van der Waals surface area contributed by atoms with E-state index in [0.717, 1.165) is 12.5 Å². The smallest absolute Gasteiger partial charge is 0.0608 e. The lowest BCUT2D eigenvalue weighted by atomic mass is 10.3. The van der Waals surface area contributed by atoms with Crippen molar-refractivity contribution in [3.05, 3.63) is 0 Å². The molecule has 0 heterocycles. The Bertz CT molecular complexity index is 85.0. The molecule has 0 N–H and O–H groups in total. The van der Waals surface area contributed by atoms with Crippen LogP contribution in [0.2, 0.25) is 0 Å². The molecule has 0 radical (unpaired) electrons. The van der Waals surface area contributed by atoms with Crippen molar-refractivity contribution in [2.45, 2.75) is 25.9 Å². The molecular weight excluding hydrogens is 136 g/mol. The topological polar surface area (TPSA) is 9.23 Å². The molecule has 1 nitrogen and oxygen atoms in total. The molecule has 0 bridgehead atoms. The highest BCUT2D eigenvalue weighted by Gasteiger charge is 2.35. The Morgan fingerprint density at radius 1 is 1.67 bits per heavy atom. The number of alkyl halides is 1. The average molecular weight is 149 g/mol. The van der Waals surface area contributed by atoms with E-state index in [1.54, 1.807) is 0 Å². The van der Waals surface area contributed by atoms with Gasteiger partial charge in [0.1, 0.15) is 0 Å². The van der Waals surface area contributed by atoms with E-state index in [9.17, 15) is 0 Å². The van der Waals surface area contributed by atoms with Gasteiger partial charge in [-0.25, -0.2) is 0 Å². The molecule has 1 saturated carbocycles. The van der Waals surface area contributed by atoms with Crippen LogP contribution < -0.4 is 0 Å². The standard InChI is InChI=1S/C7H13ClO/c1-2-6-5-7(6)9-4-3-8/h6-7H,2-5H2,1H3/t6-,7-/m1/s1. The number of ether oxygens (including phenoxy) is 1. The number of hydrogen-bond donors (Lipinski definition) is 0. The number of hydrogen-bond acceptors (Lipinski definition) is 1. The van der Waals surface area contributed by atoms with E-state index < -0.39 is 0 Å². The molecule has 0 saturated heterocycles. The summed E-state index contributed by atoms with van der Waals surface area (Å²) in [7, 11) is 0. The predicted octanol–water partition coefficient (Wildman–Crippen LogP) is 2.04. The fourth-order valence-corrected chi connectivity index (χ4v) is 1.14. The van der Waals surface area contributed by atoms with E-state index in [4.69, 9.17) is 16.3 Å². The SMILES string of the molecule is CC[C@@H]1C[C@H]1OCCCl. The molecule has 1 aliphatic carbocycles. The Morgan fingerprint density at radius 3 is 2.89 bits per heavy atom. The molecule has 1 aliphatic rings. The average Bonchev–Trinajstić information content (AvgIpc) is 2.62. The summed E-state index contributed by atoms with van der Waals surface area (Å²) in [5.41, 5.74) is 0. The molecule has 0 spiro atoms. The maximum absolute atomic E-state index is 5.44. The van der Waals surface area contributed by atoms with Gasteiger partial charge in [-0.2, -0.15) is 0 Å². The molecule has 0 aromatic rings. The monoisotopic (exact) mass is 148 g/mol. The zero-order chi connectivity index (χ0) is 6.69. The molecule has 2 atom stereocenters. The summed E-state index contributed by atoms with van der Waals surface area (Å²) in [5, 5.41) is 0. The van der Waals surface area contributed by atoms with Gasteiger partial charge in [0.05, 0.1) is 12.7 Å². The van der Waals surface area contributed by atoms with Crippen LogP contribution in [-0.2, 0) is 4.74 Å². The van der Waals surface area contributed by atoms with Gasteiger partial charge < -0.3 is 4.74 Å². The first kappa shape index (κ1) is 7.36. The van der Waals surface area contributed by atoms with E-state index >= 15 is 0 Å². The lowest BCUT2D eigenvalue weighted by Crippen LogP contribution is -1.99. The van der Waals surface area contributed by atoms with Gasteiger partial charge in [0.25, 0.3) is 0 Å². The number of halogens is 1. The Balaban J connectivity index is 1.92. The van der Waals surface area contributed by atoms with Crippen LogP contribution in [0.15, 0.2) is 0 Å². The van der Waals surface area contributed by atoms with Crippen molar-refractivity contribution in [1.29, 1.82) is 0 Å². The maximum Gasteiger partial charge on any atom is 0.0608 e. The van der Waals surface area contributed by atoms with Crippen LogP contribution in [0.3, 0.4) is 0 Å². The quantitative estimate of drug-likeness (QED) is 0.555. The van der Waals surface area contributed by atoms with Gasteiger partial charge >= 0.3 is 0 Å². The van der Waals surface area contributed by atoms with Gasteiger partial charge in [-0.15, -0.1) is 11.6 Å². The third kappa shape index (κ3) is 2.15. The van der Waals surface area contributed by atoms with Crippen molar-refractivity contribution >= 4 is 11.6 Å². The molecule has 54 valence electrons. The molecule has 0 aromatic carbocycles.